The lowest BCUT2D eigenvalue weighted by molar-refractivity contribution is -0.127. The molecule has 0 saturated carbocycles. The third kappa shape index (κ3) is 5.87. The van der Waals surface area contributed by atoms with Crippen LogP contribution in [0.1, 0.15) is 41.9 Å². The van der Waals surface area contributed by atoms with Gasteiger partial charge in [0, 0.05) is 18.0 Å². The van der Waals surface area contributed by atoms with Crippen molar-refractivity contribution >= 4 is 29.5 Å². The fraction of sp³-hybridized carbons (Fsp3) is 0.381. The number of likely N-dealkylation sites (tertiary alicyclic amines) is 1. The maximum Gasteiger partial charge on any atom is 0.339 e. The molecule has 1 N–H and O–H groups in total. The van der Waals surface area contributed by atoms with Gasteiger partial charge in [0.15, 0.2) is 6.61 Å². The predicted octanol–water partition coefficient (Wildman–Crippen LogP) is 3.03. The fourth-order valence-electron chi connectivity index (χ4n) is 3.06. The molecule has 0 aliphatic carbocycles. The van der Waals surface area contributed by atoms with Crippen LogP contribution < -0.4 is 5.32 Å². The molecular weight excluding hydrogens is 392 g/mol. The van der Waals surface area contributed by atoms with E-state index in [-0.39, 0.29) is 17.7 Å². The average molecular weight is 416 g/mol. The number of nitrogens with zero attached hydrogens (tertiary/aromatic N) is 1. The Kier molecular flexibility index (Phi) is 7.35. The highest BCUT2D eigenvalue weighted by Gasteiger charge is 2.20. The van der Waals surface area contributed by atoms with Crippen LogP contribution in [0.5, 0.6) is 0 Å². The second kappa shape index (κ2) is 10.2. The largest absolute Gasteiger partial charge is 0.467 e. The molecule has 1 aromatic carbocycles. The molecule has 0 bridgehead atoms. The summed E-state index contributed by atoms with van der Waals surface area (Å²) in [6.45, 7) is 2.99. The lowest BCUT2D eigenvalue weighted by atomic mass is 10.2. The standard InChI is InChI=1S/C21H24N2O5S/c1-15(17-8-6-12-27-17)22-19(24)13-28-21(26)16-7-2-3-9-18(16)29-14-20(25)23-10-4-5-11-23/h2-3,6-9,12,15H,4-5,10-11,13-14H2,1H3,(H,22,24)/t15-/m1/s1. The Morgan fingerprint density at radius 3 is 2.66 bits per heavy atom. The summed E-state index contributed by atoms with van der Waals surface area (Å²) in [5, 5.41) is 2.71. The van der Waals surface area contributed by atoms with Gasteiger partial charge in [-0.2, -0.15) is 0 Å². The van der Waals surface area contributed by atoms with Crippen LogP contribution in [0.4, 0.5) is 0 Å². The number of benzene rings is 1. The van der Waals surface area contributed by atoms with Crippen LogP contribution in [-0.4, -0.2) is 48.1 Å². The van der Waals surface area contributed by atoms with Gasteiger partial charge in [-0.05, 0) is 44.0 Å². The van der Waals surface area contributed by atoms with Crippen molar-refractivity contribution < 1.29 is 23.5 Å². The molecule has 8 heteroatoms. The van der Waals surface area contributed by atoms with Gasteiger partial charge in [-0.3, -0.25) is 9.59 Å². The summed E-state index contributed by atoms with van der Waals surface area (Å²) in [4.78, 5) is 39.3. The third-order valence-corrected chi connectivity index (χ3v) is 5.66. The summed E-state index contributed by atoms with van der Waals surface area (Å²) in [5.41, 5.74) is 0.346. The van der Waals surface area contributed by atoms with E-state index in [1.165, 1.54) is 18.0 Å². The van der Waals surface area contributed by atoms with Crippen molar-refractivity contribution in [2.24, 2.45) is 0 Å². The van der Waals surface area contributed by atoms with Crippen molar-refractivity contribution in [1.82, 2.24) is 10.2 Å². The van der Waals surface area contributed by atoms with Gasteiger partial charge in [-0.25, -0.2) is 4.79 Å². The van der Waals surface area contributed by atoms with Crippen molar-refractivity contribution in [3.8, 4) is 0 Å². The van der Waals surface area contributed by atoms with Gasteiger partial charge in [0.2, 0.25) is 5.91 Å². The van der Waals surface area contributed by atoms with E-state index in [0.29, 0.717) is 16.2 Å². The highest BCUT2D eigenvalue weighted by Crippen LogP contribution is 2.24. The predicted molar refractivity (Wildman–Crippen MR) is 109 cm³/mol. The Balaban J connectivity index is 1.51. The molecule has 2 amide bonds. The maximum absolute atomic E-state index is 12.5. The minimum absolute atomic E-state index is 0.0713. The molecular formula is C21H24N2O5S. The first-order chi connectivity index (χ1) is 14.0. The highest BCUT2D eigenvalue weighted by atomic mass is 32.2. The van der Waals surface area contributed by atoms with Crippen LogP contribution in [0.3, 0.4) is 0 Å². The van der Waals surface area contributed by atoms with Gasteiger partial charge in [-0.1, -0.05) is 12.1 Å². The molecule has 1 fully saturated rings. The molecule has 1 saturated heterocycles. The number of thioether (sulfide) groups is 1. The minimum Gasteiger partial charge on any atom is -0.467 e. The molecule has 1 aliphatic heterocycles. The summed E-state index contributed by atoms with van der Waals surface area (Å²) in [5.74, 6) is -0.0546. The number of amides is 2. The first-order valence-electron chi connectivity index (χ1n) is 9.54. The Bertz CT molecular complexity index is 847. The quantitative estimate of drug-likeness (QED) is 0.526. The van der Waals surface area contributed by atoms with Gasteiger partial charge in [-0.15, -0.1) is 11.8 Å². The molecule has 0 unspecified atom stereocenters. The zero-order valence-corrected chi connectivity index (χ0v) is 17.1. The molecule has 1 aliphatic rings. The molecule has 1 atom stereocenters. The number of nitrogens with one attached hydrogen (secondary N) is 1. The fourth-order valence-corrected chi connectivity index (χ4v) is 4.00. The normalized spacial score (nSPS) is 14.4. The Morgan fingerprint density at radius 2 is 1.93 bits per heavy atom. The van der Waals surface area contributed by atoms with Crippen LogP contribution >= 0.6 is 11.8 Å². The molecule has 2 aromatic rings. The van der Waals surface area contributed by atoms with Crippen molar-refractivity contribution in [3.05, 3.63) is 54.0 Å². The van der Waals surface area contributed by atoms with E-state index >= 15 is 0 Å². The van der Waals surface area contributed by atoms with Crippen LogP contribution in [0.25, 0.3) is 0 Å². The lowest BCUT2D eigenvalue weighted by Gasteiger charge is -2.15. The summed E-state index contributed by atoms with van der Waals surface area (Å²) in [6, 6.07) is 10.1. The molecule has 3 rings (SSSR count). The lowest BCUT2D eigenvalue weighted by Crippen LogP contribution is -2.31. The van der Waals surface area contributed by atoms with Gasteiger partial charge in [0.05, 0.1) is 23.6 Å². The van der Waals surface area contributed by atoms with Crippen LogP contribution in [0.2, 0.25) is 0 Å². The van der Waals surface area contributed by atoms with Crippen LogP contribution in [0.15, 0.2) is 52.0 Å². The maximum atomic E-state index is 12.5. The zero-order valence-electron chi connectivity index (χ0n) is 16.3. The van der Waals surface area contributed by atoms with Gasteiger partial charge in [0.25, 0.3) is 5.91 Å². The van der Waals surface area contributed by atoms with Crippen molar-refractivity contribution in [1.29, 1.82) is 0 Å². The van der Waals surface area contributed by atoms with Crippen molar-refractivity contribution in [2.75, 3.05) is 25.4 Å². The van der Waals surface area contributed by atoms with Crippen molar-refractivity contribution in [3.63, 3.8) is 0 Å². The number of ether oxygens (including phenoxy) is 1. The van der Waals surface area contributed by atoms with Crippen LogP contribution in [-0.2, 0) is 14.3 Å². The van der Waals surface area contributed by atoms with Crippen LogP contribution in [0, 0.1) is 0 Å². The van der Waals surface area contributed by atoms with E-state index in [1.807, 2.05) is 4.90 Å². The number of furan rings is 1. The second-order valence-corrected chi connectivity index (χ2v) is 7.77. The summed E-state index contributed by atoms with van der Waals surface area (Å²) in [6.07, 6.45) is 3.61. The number of hydrogen-bond donors (Lipinski definition) is 1. The molecule has 29 heavy (non-hydrogen) atoms. The van der Waals surface area contributed by atoms with Gasteiger partial charge >= 0.3 is 5.97 Å². The summed E-state index contributed by atoms with van der Waals surface area (Å²) >= 11 is 1.31. The van der Waals surface area contributed by atoms with E-state index in [9.17, 15) is 14.4 Å². The first-order valence-corrected chi connectivity index (χ1v) is 10.5. The van der Waals surface area contributed by atoms with Gasteiger partial charge in [0.1, 0.15) is 5.76 Å². The summed E-state index contributed by atoms with van der Waals surface area (Å²) in [7, 11) is 0. The Morgan fingerprint density at radius 1 is 1.17 bits per heavy atom. The van der Waals surface area contributed by atoms with E-state index < -0.39 is 18.5 Å². The SMILES string of the molecule is C[C@@H](NC(=O)COC(=O)c1ccccc1SCC(=O)N1CCCC1)c1ccco1. The number of rotatable bonds is 8. The molecule has 0 radical (unpaired) electrons. The van der Waals surface area contributed by atoms with E-state index in [1.54, 1.807) is 43.3 Å². The van der Waals surface area contributed by atoms with E-state index in [4.69, 9.17) is 9.15 Å². The number of hydrogen-bond acceptors (Lipinski definition) is 6. The number of esters is 1. The highest BCUT2D eigenvalue weighted by molar-refractivity contribution is 8.00. The van der Waals surface area contributed by atoms with E-state index in [2.05, 4.69) is 5.32 Å². The minimum atomic E-state index is -0.595. The number of carbonyl (C=O) groups excluding carboxylic acids is 3. The monoisotopic (exact) mass is 416 g/mol. The topological polar surface area (TPSA) is 88.8 Å². The average Bonchev–Trinajstić information content (AvgIpc) is 3.44. The molecule has 0 spiro atoms. The molecule has 1 aromatic heterocycles. The van der Waals surface area contributed by atoms with Crippen molar-refractivity contribution in [2.45, 2.75) is 30.7 Å². The third-order valence-electron chi connectivity index (χ3n) is 4.60. The first kappa shape index (κ1) is 21.0. The zero-order chi connectivity index (χ0) is 20.6. The molecule has 7 nitrogen and oxygen atoms in total. The molecule has 154 valence electrons. The smallest absolute Gasteiger partial charge is 0.339 e. The second-order valence-electron chi connectivity index (χ2n) is 6.75. The summed E-state index contributed by atoms with van der Waals surface area (Å²) < 4.78 is 10.4. The Labute approximate surface area is 173 Å². The van der Waals surface area contributed by atoms with E-state index in [0.717, 1.165) is 25.9 Å². The Hall–Kier alpha value is -2.74. The number of carbonyl (C=O) groups is 3. The van der Waals surface area contributed by atoms with Gasteiger partial charge < -0.3 is 19.4 Å². The molecule has 2 heterocycles.